The lowest BCUT2D eigenvalue weighted by molar-refractivity contribution is -0.120. The molecular weight excluding hydrogens is 570 g/mol. The normalized spacial score (nSPS) is 12.4. The summed E-state index contributed by atoms with van der Waals surface area (Å²) in [6, 6.07) is 7.79. The predicted octanol–water partition coefficient (Wildman–Crippen LogP) is 3.57. The minimum atomic E-state index is -3.98. The van der Waals surface area contributed by atoms with Crippen LogP contribution in [-0.2, 0) is 24.8 Å². The Morgan fingerprint density at radius 3 is 2.05 bits per heavy atom. The maximum atomic E-state index is 13.6. The molecule has 0 spiro atoms. The van der Waals surface area contributed by atoms with Crippen LogP contribution < -0.4 is 30.0 Å². The van der Waals surface area contributed by atoms with E-state index < -0.39 is 32.0 Å². The third kappa shape index (κ3) is 10.4. The standard InChI is InChI=1S/C27H41N5O7S2/c1-6-13-40(34,35)31-22-16-24(39-17-18(4)5)23(38-8-3)15-21(22)25(27(33)32-41(36,37)14-7-2)30-20-11-9-19(10-12-20)26(28)29/h9-12,15-16,18,25,30-31H,6-8,13-14,17H2,1-5H3,(H3,28,29)(H,32,33). The Bertz CT molecular complexity index is 1410. The molecule has 12 nitrogen and oxygen atoms in total. The Morgan fingerprint density at radius 2 is 1.51 bits per heavy atom. The summed E-state index contributed by atoms with van der Waals surface area (Å²) in [5, 5.41) is 10.6. The maximum Gasteiger partial charge on any atom is 0.260 e. The fourth-order valence-electron chi connectivity index (χ4n) is 3.76. The van der Waals surface area contributed by atoms with Crippen LogP contribution in [0.2, 0.25) is 0 Å². The Kier molecular flexibility index (Phi) is 12.3. The number of ether oxygens (including phenoxy) is 2. The molecule has 2 rings (SSSR count). The van der Waals surface area contributed by atoms with Gasteiger partial charge in [-0.25, -0.2) is 16.8 Å². The van der Waals surface area contributed by atoms with Gasteiger partial charge in [0.05, 0.1) is 30.4 Å². The smallest absolute Gasteiger partial charge is 0.260 e. The zero-order valence-electron chi connectivity index (χ0n) is 24.1. The topological polar surface area (TPSA) is 190 Å². The summed E-state index contributed by atoms with van der Waals surface area (Å²) >= 11 is 0. The number of amidine groups is 1. The summed E-state index contributed by atoms with van der Waals surface area (Å²) in [5.74, 6) is -0.853. The van der Waals surface area contributed by atoms with Crippen molar-refractivity contribution >= 4 is 43.2 Å². The van der Waals surface area contributed by atoms with Gasteiger partial charge < -0.3 is 20.5 Å². The zero-order chi connectivity index (χ0) is 30.8. The predicted molar refractivity (Wildman–Crippen MR) is 162 cm³/mol. The highest BCUT2D eigenvalue weighted by molar-refractivity contribution is 7.92. The zero-order valence-corrected chi connectivity index (χ0v) is 25.7. The molecule has 2 aromatic rings. The van der Waals surface area contributed by atoms with Crippen molar-refractivity contribution < 1.29 is 31.1 Å². The van der Waals surface area contributed by atoms with Crippen molar-refractivity contribution in [3.63, 3.8) is 0 Å². The summed E-state index contributed by atoms with van der Waals surface area (Å²) in [6.07, 6.45) is 0.629. The second kappa shape index (κ2) is 14.9. The van der Waals surface area contributed by atoms with Crippen molar-refractivity contribution in [2.75, 3.05) is 34.8 Å². The van der Waals surface area contributed by atoms with Gasteiger partial charge in [0, 0.05) is 22.9 Å². The lowest BCUT2D eigenvalue weighted by Crippen LogP contribution is -2.39. The average Bonchev–Trinajstić information content (AvgIpc) is 2.86. The summed E-state index contributed by atoms with van der Waals surface area (Å²) in [6.45, 7) is 9.63. The highest BCUT2D eigenvalue weighted by atomic mass is 32.2. The van der Waals surface area contributed by atoms with Crippen molar-refractivity contribution in [2.24, 2.45) is 11.7 Å². The molecule has 0 aliphatic heterocycles. The number of benzene rings is 2. The van der Waals surface area contributed by atoms with Crippen LogP contribution in [0, 0.1) is 11.3 Å². The van der Waals surface area contributed by atoms with Gasteiger partial charge in [-0.15, -0.1) is 0 Å². The van der Waals surface area contributed by atoms with Gasteiger partial charge in [-0.3, -0.25) is 19.6 Å². The first-order valence-electron chi connectivity index (χ1n) is 13.4. The fourth-order valence-corrected chi connectivity index (χ4v) is 5.97. The summed E-state index contributed by atoms with van der Waals surface area (Å²) < 4.78 is 67.2. The maximum absolute atomic E-state index is 13.6. The summed E-state index contributed by atoms with van der Waals surface area (Å²) in [7, 11) is -7.81. The number of nitrogens with two attached hydrogens (primary N) is 1. The van der Waals surface area contributed by atoms with Gasteiger partial charge >= 0.3 is 0 Å². The number of hydrogen-bond acceptors (Lipinski definition) is 9. The first kappa shape index (κ1) is 33.7. The largest absolute Gasteiger partial charge is 0.490 e. The molecule has 0 aliphatic rings. The fraction of sp³-hybridized carbons (Fsp3) is 0.481. The molecule has 0 aromatic heterocycles. The molecule has 0 saturated heterocycles. The molecule has 1 unspecified atom stereocenters. The molecule has 0 bridgehead atoms. The van der Waals surface area contributed by atoms with Gasteiger partial charge in [0.1, 0.15) is 11.9 Å². The van der Waals surface area contributed by atoms with E-state index in [1.54, 1.807) is 45.0 Å². The van der Waals surface area contributed by atoms with Crippen LogP contribution >= 0.6 is 0 Å². The summed E-state index contributed by atoms with van der Waals surface area (Å²) in [4.78, 5) is 13.6. The number of carbonyl (C=O) groups excluding carboxylic acids is 1. The van der Waals surface area contributed by atoms with E-state index in [-0.39, 0.29) is 59.0 Å². The Morgan fingerprint density at radius 1 is 0.927 bits per heavy atom. The van der Waals surface area contributed by atoms with Crippen LogP contribution in [0.4, 0.5) is 11.4 Å². The molecule has 0 saturated carbocycles. The number of sulfonamides is 2. The van der Waals surface area contributed by atoms with Crippen LogP contribution in [0.15, 0.2) is 36.4 Å². The van der Waals surface area contributed by atoms with E-state index in [4.69, 9.17) is 20.6 Å². The van der Waals surface area contributed by atoms with E-state index in [1.807, 2.05) is 13.8 Å². The van der Waals surface area contributed by atoms with Crippen LogP contribution in [0.1, 0.15) is 64.6 Å². The molecule has 0 fully saturated rings. The Labute approximate surface area is 243 Å². The van der Waals surface area contributed by atoms with Gasteiger partial charge in [0.25, 0.3) is 5.91 Å². The number of hydrogen-bond donors (Lipinski definition) is 5. The van der Waals surface area contributed by atoms with E-state index >= 15 is 0 Å². The van der Waals surface area contributed by atoms with Crippen molar-refractivity contribution in [3.05, 3.63) is 47.5 Å². The van der Waals surface area contributed by atoms with Gasteiger partial charge in [-0.2, -0.15) is 0 Å². The van der Waals surface area contributed by atoms with Crippen LogP contribution in [-0.4, -0.2) is 53.3 Å². The van der Waals surface area contributed by atoms with E-state index in [9.17, 15) is 21.6 Å². The number of anilines is 2. The van der Waals surface area contributed by atoms with Crippen LogP contribution in [0.25, 0.3) is 0 Å². The van der Waals surface area contributed by atoms with E-state index in [2.05, 4.69) is 14.8 Å². The highest BCUT2D eigenvalue weighted by Gasteiger charge is 2.30. The molecule has 0 aliphatic carbocycles. The van der Waals surface area contributed by atoms with Gasteiger partial charge in [0.2, 0.25) is 20.0 Å². The van der Waals surface area contributed by atoms with Crippen molar-refractivity contribution in [2.45, 2.75) is 53.5 Å². The first-order chi connectivity index (χ1) is 19.2. The molecule has 6 N–H and O–H groups in total. The van der Waals surface area contributed by atoms with Crippen molar-refractivity contribution in [1.29, 1.82) is 5.41 Å². The number of amides is 1. The monoisotopic (exact) mass is 611 g/mol. The third-order valence-corrected chi connectivity index (χ3v) is 8.47. The van der Waals surface area contributed by atoms with Gasteiger partial charge in [-0.1, -0.05) is 27.7 Å². The summed E-state index contributed by atoms with van der Waals surface area (Å²) in [5.41, 5.74) is 6.53. The SMILES string of the molecule is CCCS(=O)(=O)NC(=O)C(Nc1ccc(C(=N)N)cc1)c1cc(OCC)c(OCC(C)C)cc1NS(=O)(=O)CCC. The third-order valence-electron chi connectivity index (χ3n) is 5.54. The van der Waals surface area contributed by atoms with Gasteiger partial charge in [-0.05, 0) is 56.0 Å². The first-order valence-corrected chi connectivity index (χ1v) is 16.7. The second-order valence-corrected chi connectivity index (χ2v) is 13.5. The molecule has 1 atom stereocenters. The molecular formula is C27H41N5O7S2. The highest BCUT2D eigenvalue weighted by Crippen LogP contribution is 2.39. The minimum absolute atomic E-state index is 0.0292. The van der Waals surface area contributed by atoms with Crippen molar-refractivity contribution in [3.8, 4) is 11.5 Å². The van der Waals surface area contributed by atoms with Gasteiger partial charge in [0.15, 0.2) is 11.5 Å². The molecule has 2 aromatic carbocycles. The average molecular weight is 612 g/mol. The minimum Gasteiger partial charge on any atom is -0.490 e. The Hall–Kier alpha value is -3.52. The number of nitrogen functional groups attached to an aromatic ring is 1. The molecule has 1 amide bonds. The van der Waals surface area contributed by atoms with E-state index in [1.165, 1.54) is 12.1 Å². The molecule has 228 valence electrons. The number of rotatable bonds is 17. The Balaban J connectivity index is 2.76. The molecule has 0 radical (unpaired) electrons. The van der Waals surface area contributed by atoms with Crippen LogP contribution in [0.5, 0.6) is 11.5 Å². The van der Waals surface area contributed by atoms with E-state index in [0.717, 1.165) is 0 Å². The number of nitrogens with one attached hydrogen (secondary N) is 4. The molecule has 14 heteroatoms. The number of carbonyl (C=O) groups is 1. The second-order valence-electron chi connectivity index (χ2n) is 9.80. The molecule has 0 heterocycles. The van der Waals surface area contributed by atoms with Crippen molar-refractivity contribution in [1.82, 2.24) is 4.72 Å². The lowest BCUT2D eigenvalue weighted by atomic mass is 10.0. The molecule has 41 heavy (non-hydrogen) atoms. The lowest BCUT2D eigenvalue weighted by Gasteiger charge is -2.25. The van der Waals surface area contributed by atoms with E-state index in [0.29, 0.717) is 24.3 Å². The quantitative estimate of drug-likeness (QED) is 0.131. The van der Waals surface area contributed by atoms with Crippen LogP contribution in [0.3, 0.4) is 0 Å².